The molecule has 2 unspecified atom stereocenters. The SMILES string of the molecule is CC/C=C\C/C=C\C/C=C\C/C=C\C/C=C\C/C=C\CCC(=O)O[C@H](COC(=O)CCCCCCC/C=C/C=C/C(O)C/C=C/CC)COP(=O)(O)OC[C@@H](O)CO. The molecule has 0 aliphatic carbocycles. The van der Waals surface area contributed by atoms with Crippen LogP contribution in [-0.2, 0) is 32.7 Å². The maximum absolute atomic E-state index is 12.6. The summed E-state index contributed by atoms with van der Waals surface area (Å²) >= 11 is 0. The van der Waals surface area contributed by atoms with Crippen LogP contribution in [0.5, 0.6) is 0 Å². The molecule has 0 aromatic heterocycles. The molecule has 0 bridgehead atoms. The van der Waals surface area contributed by atoms with E-state index < -0.39 is 57.9 Å². The molecule has 0 fully saturated rings. The monoisotopic (exact) mass is 832 g/mol. The van der Waals surface area contributed by atoms with Crippen molar-refractivity contribution in [3.05, 3.63) is 109 Å². The number of allylic oxidation sites excluding steroid dienone is 16. The molecule has 0 aliphatic rings. The van der Waals surface area contributed by atoms with Gasteiger partial charge in [0.05, 0.1) is 25.9 Å². The van der Waals surface area contributed by atoms with Crippen molar-refractivity contribution in [1.82, 2.24) is 0 Å². The van der Waals surface area contributed by atoms with Crippen molar-refractivity contribution in [3.63, 3.8) is 0 Å². The van der Waals surface area contributed by atoms with E-state index in [0.29, 0.717) is 25.7 Å². The Morgan fingerprint density at radius 3 is 1.72 bits per heavy atom. The fraction of sp³-hybridized carbons (Fsp3) is 0.565. The van der Waals surface area contributed by atoms with Crippen LogP contribution in [0.15, 0.2) is 109 Å². The Kier molecular flexibility index (Phi) is 38.0. The van der Waals surface area contributed by atoms with E-state index >= 15 is 0 Å². The van der Waals surface area contributed by atoms with Gasteiger partial charge in [0.1, 0.15) is 12.7 Å². The normalized spacial score (nSPS) is 15.5. The molecule has 0 rings (SSSR count). The van der Waals surface area contributed by atoms with E-state index in [4.69, 9.17) is 19.1 Å². The standard InChI is InChI=1S/C46H73O11P/c1-3-5-7-8-9-10-11-12-13-14-15-16-17-18-19-22-26-29-33-37-46(51)57-44(41-56-58(52,53)55-39-43(49)38-47)40-54-45(50)36-32-28-25-23-20-21-24-27-31-35-42(48)34-30-6-4-2/h5-7,9-10,12-13,15-16,18-19,24,26-27,29-31,35,42-44,47-49H,3-4,8,11,14,17,20-23,25,28,32-34,36-41H2,1-2H3,(H,52,53)/b7-5-,10-9-,13-12-,16-15-,19-18-,27-24+,29-26-,30-6+,35-31+/t42?,43-,44+/m0/s1. The summed E-state index contributed by atoms with van der Waals surface area (Å²) in [5, 5.41) is 28.2. The predicted octanol–water partition coefficient (Wildman–Crippen LogP) is 9.97. The summed E-state index contributed by atoms with van der Waals surface area (Å²) in [4.78, 5) is 34.9. The number of esters is 2. The smallest absolute Gasteiger partial charge is 0.462 e. The second-order valence-corrected chi connectivity index (χ2v) is 14.9. The molecule has 0 aromatic carbocycles. The van der Waals surface area contributed by atoms with E-state index in [0.717, 1.165) is 70.6 Å². The van der Waals surface area contributed by atoms with E-state index in [2.05, 4.69) is 79.1 Å². The maximum Gasteiger partial charge on any atom is 0.472 e. The lowest BCUT2D eigenvalue weighted by atomic mass is 10.1. The third kappa shape index (κ3) is 39.4. The number of rotatable bonds is 37. The molecule has 0 spiro atoms. The van der Waals surface area contributed by atoms with Crippen LogP contribution >= 0.6 is 7.82 Å². The summed E-state index contributed by atoms with van der Waals surface area (Å²) in [5.74, 6) is -1.09. The average Bonchev–Trinajstić information content (AvgIpc) is 3.20. The van der Waals surface area contributed by atoms with Gasteiger partial charge in [-0.25, -0.2) is 4.57 Å². The quantitative estimate of drug-likeness (QED) is 0.0155. The van der Waals surface area contributed by atoms with E-state index in [9.17, 15) is 29.3 Å². The zero-order valence-corrected chi connectivity index (χ0v) is 36.0. The molecule has 12 heteroatoms. The van der Waals surface area contributed by atoms with Crippen LogP contribution in [0, 0.1) is 0 Å². The maximum atomic E-state index is 12.6. The van der Waals surface area contributed by atoms with Gasteiger partial charge in [-0.2, -0.15) is 0 Å². The molecular weight excluding hydrogens is 759 g/mol. The number of hydrogen-bond donors (Lipinski definition) is 4. The van der Waals surface area contributed by atoms with Gasteiger partial charge in [0, 0.05) is 12.8 Å². The van der Waals surface area contributed by atoms with Crippen molar-refractivity contribution in [3.8, 4) is 0 Å². The second-order valence-electron chi connectivity index (χ2n) is 13.4. The minimum Gasteiger partial charge on any atom is -0.462 e. The summed E-state index contributed by atoms with van der Waals surface area (Å²) in [6.07, 6.45) is 46.9. The van der Waals surface area contributed by atoms with E-state index in [1.807, 2.05) is 42.5 Å². The Morgan fingerprint density at radius 2 is 1.12 bits per heavy atom. The molecule has 0 saturated carbocycles. The largest absolute Gasteiger partial charge is 0.472 e. The summed E-state index contributed by atoms with van der Waals surface area (Å²) in [6, 6.07) is 0. The van der Waals surface area contributed by atoms with Crippen LogP contribution in [-0.4, -0.2) is 76.9 Å². The Labute approximate surface area is 348 Å². The number of hydrogen-bond acceptors (Lipinski definition) is 10. The van der Waals surface area contributed by atoms with Crippen LogP contribution in [0.3, 0.4) is 0 Å². The highest BCUT2D eigenvalue weighted by molar-refractivity contribution is 7.47. The number of aliphatic hydroxyl groups excluding tert-OH is 3. The number of ether oxygens (including phenoxy) is 2. The third-order valence-corrected chi connectivity index (χ3v) is 8.97. The first-order valence-electron chi connectivity index (χ1n) is 21.0. The van der Waals surface area contributed by atoms with Crippen molar-refractivity contribution >= 4 is 19.8 Å². The van der Waals surface area contributed by atoms with Gasteiger partial charge in [-0.3, -0.25) is 18.6 Å². The van der Waals surface area contributed by atoms with Crippen LogP contribution in [0.2, 0.25) is 0 Å². The molecule has 4 N–H and O–H groups in total. The number of phosphoric ester groups is 1. The van der Waals surface area contributed by atoms with E-state index in [1.165, 1.54) is 0 Å². The predicted molar refractivity (Wildman–Crippen MR) is 234 cm³/mol. The van der Waals surface area contributed by atoms with Gasteiger partial charge in [-0.05, 0) is 77.0 Å². The summed E-state index contributed by atoms with van der Waals surface area (Å²) < 4.78 is 32.5. The number of unbranched alkanes of at least 4 members (excludes halogenated alkanes) is 5. The highest BCUT2D eigenvalue weighted by Crippen LogP contribution is 2.43. The lowest BCUT2D eigenvalue weighted by Crippen LogP contribution is -2.29. The molecule has 328 valence electrons. The van der Waals surface area contributed by atoms with Gasteiger partial charge in [0.15, 0.2) is 6.10 Å². The average molecular weight is 833 g/mol. The van der Waals surface area contributed by atoms with Gasteiger partial charge < -0.3 is 29.7 Å². The molecule has 11 nitrogen and oxygen atoms in total. The van der Waals surface area contributed by atoms with Crippen molar-refractivity contribution in [2.45, 2.75) is 141 Å². The fourth-order valence-electron chi connectivity index (χ4n) is 4.82. The number of aliphatic hydroxyl groups is 3. The Balaban J connectivity index is 4.54. The molecule has 0 amide bonds. The van der Waals surface area contributed by atoms with Crippen molar-refractivity contribution < 1.29 is 52.9 Å². The molecular formula is C46H73O11P. The van der Waals surface area contributed by atoms with Crippen molar-refractivity contribution in [2.75, 3.05) is 26.4 Å². The molecule has 4 atom stereocenters. The van der Waals surface area contributed by atoms with Gasteiger partial charge in [-0.1, -0.05) is 142 Å². The molecule has 58 heavy (non-hydrogen) atoms. The summed E-state index contributed by atoms with van der Waals surface area (Å²) in [7, 11) is -4.66. The second kappa shape index (κ2) is 40.4. The minimum absolute atomic E-state index is 0.0369. The van der Waals surface area contributed by atoms with Gasteiger partial charge in [-0.15, -0.1) is 0 Å². The summed E-state index contributed by atoms with van der Waals surface area (Å²) in [5.41, 5.74) is 0. The lowest BCUT2D eigenvalue weighted by Gasteiger charge is -2.20. The minimum atomic E-state index is -4.66. The topological polar surface area (TPSA) is 169 Å². The van der Waals surface area contributed by atoms with Gasteiger partial charge >= 0.3 is 19.8 Å². The highest BCUT2D eigenvalue weighted by atomic mass is 31.2. The number of phosphoric acid groups is 1. The first-order chi connectivity index (χ1) is 28.1. The zero-order chi connectivity index (χ0) is 42.8. The van der Waals surface area contributed by atoms with Crippen molar-refractivity contribution in [2.24, 2.45) is 0 Å². The molecule has 0 radical (unpaired) electrons. The molecule has 0 heterocycles. The molecule has 0 aromatic rings. The summed E-state index contributed by atoms with van der Waals surface area (Å²) in [6.45, 7) is 1.89. The van der Waals surface area contributed by atoms with Crippen LogP contribution in [0.4, 0.5) is 0 Å². The van der Waals surface area contributed by atoms with Gasteiger partial charge in [0.25, 0.3) is 0 Å². The van der Waals surface area contributed by atoms with E-state index in [1.54, 1.807) is 6.08 Å². The number of carbonyl (C=O) groups excluding carboxylic acids is 2. The van der Waals surface area contributed by atoms with E-state index in [-0.39, 0.29) is 19.4 Å². The first-order valence-corrected chi connectivity index (χ1v) is 22.4. The van der Waals surface area contributed by atoms with Crippen LogP contribution < -0.4 is 0 Å². The van der Waals surface area contributed by atoms with Crippen LogP contribution in [0.25, 0.3) is 0 Å². The van der Waals surface area contributed by atoms with Crippen molar-refractivity contribution in [1.29, 1.82) is 0 Å². The van der Waals surface area contributed by atoms with Gasteiger partial charge in [0.2, 0.25) is 0 Å². The Morgan fingerprint density at radius 1 is 0.586 bits per heavy atom. The van der Waals surface area contributed by atoms with Crippen LogP contribution in [0.1, 0.15) is 123 Å². The Hall–Kier alpha value is -3.41. The Bertz CT molecular complexity index is 1340. The highest BCUT2D eigenvalue weighted by Gasteiger charge is 2.27. The lowest BCUT2D eigenvalue weighted by molar-refractivity contribution is -0.161. The number of carbonyl (C=O) groups is 2. The third-order valence-electron chi connectivity index (χ3n) is 8.02. The molecule has 0 aliphatic heterocycles. The molecule has 0 saturated heterocycles. The zero-order valence-electron chi connectivity index (χ0n) is 35.1. The fourth-order valence-corrected chi connectivity index (χ4v) is 5.61. The first kappa shape index (κ1) is 54.6.